The van der Waals surface area contributed by atoms with Crippen LogP contribution in [0.5, 0.6) is 0 Å². The number of rotatable bonds is 5. The second-order valence-corrected chi connectivity index (χ2v) is 4.14. The van der Waals surface area contributed by atoms with Gasteiger partial charge < -0.3 is 17.2 Å². The Kier molecular flexibility index (Phi) is 4.67. The van der Waals surface area contributed by atoms with Crippen LogP contribution in [0.4, 0.5) is 0 Å². The summed E-state index contributed by atoms with van der Waals surface area (Å²) < 4.78 is 29.3. The van der Waals surface area contributed by atoms with Crippen LogP contribution < -0.4 is 17.2 Å². The molecule has 0 fully saturated rings. The molecule has 0 saturated heterocycles. The first-order chi connectivity index (χ1) is 5.84. The summed E-state index contributed by atoms with van der Waals surface area (Å²) in [6.07, 6.45) is 0.522. The Bertz CT molecular complexity index is 270. The quantitative estimate of drug-likeness (QED) is 0.182. The largest absolute Gasteiger partial charge is 0.370 e. The molecule has 13 heavy (non-hydrogen) atoms. The molecule has 1 atom stereocenters. The van der Waals surface area contributed by atoms with Crippen LogP contribution in [-0.4, -0.2) is 30.8 Å². The molecule has 0 aliphatic carbocycles. The number of nitrogens with two attached hydrogens (primary N) is 3. The molecule has 0 aliphatic heterocycles. The van der Waals surface area contributed by atoms with E-state index in [0.29, 0.717) is 13.0 Å². The van der Waals surface area contributed by atoms with Gasteiger partial charge in [-0.1, -0.05) is 0 Å². The van der Waals surface area contributed by atoms with E-state index in [4.69, 9.17) is 21.8 Å². The summed E-state index contributed by atoms with van der Waals surface area (Å²) in [5.74, 6) is -0.0552. The highest BCUT2D eigenvalue weighted by Crippen LogP contribution is 2.00. The molecule has 0 aromatic rings. The second kappa shape index (κ2) is 5.00. The fourth-order valence-electron chi connectivity index (χ4n) is 0.650. The molecule has 78 valence electrons. The van der Waals surface area contributed by atoms with Gasteiger partial charge in [-0.2, -0.15) is 8.42 Å². The lowest BCUT2D eigenvalue weighted by Gasteiger charge is -2.05. The van der Waals surface area contributed by atoms with Crippen molar-refractivity contribution in [2.75, 3.05) is 6.54 Å². The summed E-state index contributed by atoms with van der Waals surface area (Å²) in [7, 11) is -4.14. The fraction of sp³-hybridized carbons (Fsp3) is 0.800. The smallest absolute Gasteiger partial charge is 0.280 e. The predicted octanol–water partition coefficient (Wildman–Crippen LogP) is -1.79. The van der Waals surface area contributed by atoms with Gasteiger partial charge in [0.25, 0.3) is 10.1 Å². The van der Waals surface area contributed by atoms with Crippen LogP contribution in [0.15, 0.2) is 4.99 Å². The molecule has 7 N–H and O–H groups in total. The van der Waals surface area contributed by atoms with Gasteiger partial charge in [0.05, 0.1) is 0 Å². The molecule has 7 nitrogen and oxygen atoms in total. The molecule has 0 aromatic carbocycles. The molecule has 0 heterocycles. The topological polar surface area (TPSA) is 145 Å². The van der Waals surface area contributed by atoms with E-state index < -0.39 is 15.5 Å². The van der Waals surface area contributed by atoms with Crippen LogP contribution in [0.2, 0.25) is 0 Å². The van der Waals surface area contributed by atoms with E-state index in [1.165, 1.54) is 0 Å². The summed E-state index contributed by atoms with van der Waals surface area (Å²) in [4.78, 5) is 3.62. The number of hydrogen-bond acceptors (Lipinski definition) is 4. The van der Waals surface area contributed by atoms with Crippen LogP contribution in [0.1, 0.15) is 12.8 Å². The fourth-order valence-corrected chi connectivity index (χ4v) is 1.11. The van der Waals surface area contributed by atoms with Gasteiger partial charge in [0, 0.05) is 6.54 Å². The van der Waals surface area contributed by atoms with Gasteiger partial charge in [-0.3, -0.25) is 9.55 Å². The Morgan fingerprint density at radius 2 is 2.00 bits per heavy atom. The SMILES string of the molecule is NC(N)=NCCC[C@H](N)S(=O)(=O)O. The van der Waals surface area contributed by atoms with Crippen molar-refractivity contribution in [1.82, 2.24) is 0 Å². The van der Waals surface area contributed by atoms with Gasteiger partial charge in [-0.15, -0.1) is 0 Å². The monoisotopic (exact) mass is 210 g/mol. The van der Waals surface area contributed by atoms with Crippen molar-refractivity contribution in [3.05, 3.63) is 0 Å². The average molecular weight is 210 g/mol. The Morgan fingerprint density at radius 1 is 1.46 bits per heavy atom. The molecule has 0 saturated carbocycles. The lowest BCUT2D eigenvalue weighted by Crippen LogP contribution is -2.30. The molecule has 0 unspecified atom stereocenters. The minimum atomic E-state index is -4.14. The van der Waals surface area contributed by atoms with Crippen LogP contribution >= 0.6 is 0 Å². The maximum Gasteiger partial charge on any atom is 0.280 e. The first kappa shape index (κ1) is 12.1. The Balaban J connectivity index is 3.73. The molecule has 0 spiro atoms. The first-order valence-electron chi connectivity index (χ1n) is 3.61. The maximum absolute atomic E-state index is 10.4. The molecule has 0 aromatic heterocycles. The number of hydrogen-bond donors (Lipinski definition) is 4. The third kappa shape index (κ3) is 6.31. The highest BCUT2D eigenvalue weighted by Gasteiger charge is 2.16. The van der Waals surface area contributed by atoms with Crippen LogP contribution in [0, 0.1) is 0 Å². The van der Waals surface area contributed by atoms with Crippen molar-refractivity contribution >= 4 is 16.1 Å². The molecule has 0 aliphatic rings. The van der Waals surface area contributed by atoms with E-state index in [9.17, 15) is 8.42 Å². The molecule has 0 bridgehead atoms. The summed E-state index contributed by atoms with van der Waals surface area (Å²) in [6, 6.07) is 0. The summed E-state index contributed by atoms with van der Waals surface area (Å²) in [6.45, 7) is 0.297. The van der Waals surface area contributed by atoms with Gasteiger partial charge in [0.1, 0.15) is 5.37 Å². The van der Waals surface area contributed by atoms with Gasteiger partial charge in [0.15, 0.2) is 5.96 Å². The van der Waals surface area contributed by atoms with E-state index >= 15 is 0 Å². The van der Waals surface area contributed by atoms with Gasteiger partial charge in [-0.25, -0.2) is 0 Å². The van der Waals surface area contributed by atoms with Crippen molar-refractivity contribution in [3.8, 4) is 0 Å². The Labute approximate surface area is 76.7 Å². The molecular formula is C5H14N4O3S. The van der Waals surface area contributed by atoms with Crippen molar-refractivity contribution in [2.24, 2.45) is 22.2 Å². The molecule has 8 heteroatoms. The first-order valence-corrected chi connectivity index (χ1v) is 5.11. The number of guanidine groups is 1. The zero-order chi connectivity index (χ0) is 10.5. The Hall–Kier alpha value is -0.860. The summed E-state index contributed by atoms with van der Waals surface area (Å²) in [5, 5.41) is -1.26. The average Bonchev–Trinajstić information content (AvgIpc) is 1.95. The maximum atomic E-state index is 10.4. The van der Waals surface area contributed by atoms with E-state index in [0.717, 1.165) is 0 Å². The minimum Gasteiger partial charge on any atom is -0.370 e. The standard InChI is InChI=1S/C5H14N4O3S/c6-4(13(10,11)12)2-1-3-9-5(7)8/h4H,1-3,6H2,(H4,7,8,9)(H,10,11,12)/t4-/m1/s1. The van der Waals surface area contributed by atoms with Crippen molar-refractivity contribution in [2.45, 2.75) is 18.2 Å². The predicted molar refractivity (Wildman–Crippen MR) is 49.4 cm³/mol. The highest BCUT2D eigenvalue weighted by molar-refractivity contribution is 7.86. The minimum absolute atomic E-state index is 0.0552. The van der Waals surface area contributed by atoms with E-state index in [2.05, 4.69) is 4.99 Å². The number of nitrogens with zero attached hydrogens (tertiary/aromatic N) is 1. The van der Waals surface area contributed by atoms with Crippen LogP contribution in [0.25, 0.3) is 0 Å². The lowest BCUT2D eigenvalue weighted by molar-refractivity contribution is 0.461. The lowest BCUT2D eigenvalue weighted by atomic mass is 10.3. The zero-order valence-electron chi connectivity index (χ0n) is 7.05. The molecule has 0 amide bonds. The molecule has 0 rings (SSSR count). The summed E-state index contributed by atoms with van der Waals surface area (Å²) in [5.41, 5.74) is 15.2. The van der Waals surface area contributed by atoms with Crippen molar-refractivity contribution < 1.29 is 13.0 Å². The Morgan fingerprint density at radius 3 is 2.38 bits per heavy atom. The van der Waals surface area contributed by atoms with Crippen LogP contribution in [-0.2, 0) is 10.1 Å². The van der Waals surface area contributed by atoms with E-state index in [1.807, 2.05) is 0 Å². The van der Waals surface area contributed by atoms with Gasteiger partial charge in [0.2, 0.25) is 0 Å². The zero-order valence-corrected chi connectivity index (χ0v) is 7.87. The van der Waals surface area contributed by atoms with E-state index in [1.54, 1.807) is 0 Å². The van der Waals surface area contributed by atoms with Crippen LogP contribution in [0.3, 0.4) is 0 Å². The van der Waals surface area contributed by atoms with E-state index in [-0.39, 0.29) is 12.4 Å². The van der Waals surface area contributed by atoms with Crippen molar-refractivity contribution in [1.29, 1.82) is 0 Å². The highest BCUT2D eigenvalue weighted by atomic mass is 32.2. The third-order valence-electron chi connectivity index (χ3n) is 1.32. The second-order valence-electron chi connectivity index (χ2n) is 2.50. The van der Waals surface area contributed by atoms with Gasteiger partial charge >= 0.3 is 0 Å². The number of aliphatic imine (C=N–C) groups is 1. The molecule has 0 radical (unpaired) electrons. The van der Waals surface area contributed by atoms with Gasteiger partial charge in [-0.05, 0) is 12.8 Å². The van der Waals surface area contributed by atoms with Crippen molar-refractivity contribution in [3.63, 3.8) is 0 Å². The normalized spacial score (nSPS) is 13.7. The summed E-state index contributed by atoms with van der Waals surface area (Å²) >= 11 is 0. The third-order valence-corrected chi connectivity index (χ3v) is 2.32. The molecular weight excluding hydrogens is 196 g/mol.